The van der Waals surface area contributed by atoms with Crippen molar-refractivity contribution in [2.45, 2.75) is 6.54 Å². The predicted molar refractivity (Wildman–Crippen MR) is 72.7 cm³/mol. The molecule has 0 aliphatic rings. The van der Waals surface area contributed by atoms with Gasteiger partial charge in [-0.1, -0.05) is 18.2 Å². The lowest BCUT2D eigenvalue weighted by atomic mass is 10.2. The van der Waals surface area contributed by atoms with E-state index < -0.39 is 0 Å². The van der Waals surface area contributed by atoms with E-state index in [1.54, 1.807) is 23.1 Å². The number of aromatic nitrogens is 2. The molecule has 0 saturated heterocycles. The molecule has 2 N–H and O–H groups in total. The monoisotopic (exact) mass is 310 g/mol. The fraction of sp³-hybridized carbons (Fsp3) is 0.167. The first-order chi connectivity index (χ1) is 8.59. The van der Waals surface area contributed by atoms with Gasteiger partial charge >= 0.3 is 0 Å². The Morgan fingerprint density at radius 2 is 2.06 bits per heavy atom. The fourth-order valence-electron chi connectivity index (χ4n) is 1.60. The van der Waals surface area contributed by atoms with Crippen molar-refractivity contribution in [3.05, 3.63) is 46.4 Å². The quantitative estimate of drug-likeness (QED) is 0.946. The maximum Gasteiger partial charge on any atom is 0.148 e. The number of anilines is 2. The minimum absolute atomic E-state index is 0.234. The highest BCUT2D eigenvalue weighted by Gasteiger charge is 2.12. The van der Waals surface area contributed by atoms with Gasteiger partial charge in [-0.15, -0.1) is 0 Å². The number of nitrogens with zero attached hydrogens (tertiary/aromatic N) is 3. The van der Waals surface area contributed by atoms with Gasteiger partial charge in [0, 0.05) is 19.2 Å². The molecule has 4 nitrogen and oxygen atoms in total. The topological polar surface area (TPSA) is 55.0 Å². The van der Waals surface area contributed by atoms with E-state index in [9.17, 15) is 4.39 Å². The Balaban J connectivity index is 2.25. The molecule has 0 aliphatic heterocycles. The number of benzene rings is 1. The minimum atomic E-state index is -0.234. The second-order valence-corrected chi connectivity index (χ2v) is 4.64. The van der Waals surface area contributed by atoms with Gasteiger partial charge in [0.1, 0.15) is 28.3 Å². The van der Waals surface area contributed by atoms with Gasteiger partial charge in [-0.3, -0.25) is 0 Å². The van der Waals surface area contributed by atoms with Gasteiger partial charge in [0.15, 0.2) is 0 Å². The normalized spacial score (nSPS) is 10.4. The smallest absolute Gasteiger partial charge is 0.148 e. The number of nitrogens with two attached hydrogens (primary N) is 1. The largest absolute Gasteiger partial charge is 0.383 e. The van der Waals surface area contributed by atoms with Gasteiger partial charge in [-0.25, -0.2) is 14.4 Å². The first-order valence-corrected chi connectivity index (χ1v) is 6.09. The van der Waals surface area contributed by atoms with Crippen LogP contribution in [0.4, 0.5) is 16.0 Å². The van der Waals surface area contributed by atoms with Gasteiger partial charge in [-0.2, -0.15) is 0 Å². The Labute approximate surface area is 113 Å². The fourth-order valence-corrected chi connectivity index (χ4v) is 2.10. The van der Waals surface area contributed by atoms with E-state index in [1.807, 2.05) is 7.05 Å². The van der Waals surface area contributed by atoms with Crippen molar-refractivity contribution in [3.8, 4) is 0 Å². The summed E-state index contributed by atoms with van der Waals surface area (Å²) in [5.41, 5.74) is 6.28. The highest BCUT2D eigenvalue weighted by atomic mass is 79.9. The van der Waals surface area contributed by atoms with Gasteiger partial charge in [0.2, 0.25) is 0 Å². The SMILES string of the molecule is CN(Cc1ccccc1F)c1ncnc(N)c1Br. The molecule has 0 spiro atoms. The molecule has 0 aliphatic carbocycles. The second kappa shape index (κ2) is 5.30. The van der Waals surface area contributed by atoms with E-state index in [1.165, 1.54) is 12.4 Å². The van der Waals surface area contributed by atoms with Crippen LogP contribution >= 0.6 is 15.9 Å². The van der Waals surface area contributed by atoms with Crippen molar-refractivity contribution in [1.82, 2.24) is 9.97 Å². The molecule has 0 bridgehead atoms. The summed E-state index contributed by atoms with van der Waals surface area (Å²) in [6.45, 7) is 0.404. The number of hydrogen-bond acceptors (Lipinski definition) is 4. The molecular weight excluding hydrogens is 299 g/mol. The lowest BCUT2D eigenvalue weighted by Gasteiger charge is -2.20. The minimum Gasteiger partial charge on any atom is -0.383 e. The summed E-state index contributed by atoms with van der Waals surface area (Å²) in [5, 5.41) is 0. The van der Waals surface area contributed by atoms with E-state index in [0.29, 0.717) is 28.2 Å². The van der Waals surface area contributed by atoms with Gasteiger partial charge in [0.25, 0.3) is 0 Å². The summed E-state index contributed by atoms with van der Waals surface area (Å²) >= 11 is 3.33. The molecule has 0 fully saturated rings. The molecule has 0 unspecified atom stereocenters. The molecule has 0 amide bonds. The number of hydrogen-bond donors (Lipinski definition) is 1. The van der Waals surface area contributed by atoms with E-state index >= 15 is 0 Å². The zero-order valence-electron chi connectivity index (χ0n) is 9.77. The summed E-state index contributed by atoms with van der Waals surface area (Å²) in [5.74, 6) is 0.758. The standard InChI is InChI=1S/C12H12BrFN4/c1-18(6-8-4-2-3-5-9(8)14)12-10(13)11(15)16-7-17-12/h2-5,7H,6H2,1H3,(H2,15,16,17). The van der Waals surface area contributed by atoms with Crippen molar-refractivity contribution in [2.75, 3.05) is 17.7 Å². The summed E-state index contributed by atoms with van der Waals surface area (Å²) in [7, 11) is 1.82. The Hall–Kier alpha value is -1.69. The molecule has 94 valence electrons. The molecule has 0 atom stereocenters. The summed E-state index contributed by atoms with van der Waals surface area (Å²) in [4.78, 5) is 9.80. The van der Waals surface area contributed by atoms with Crippen LogP contribution in [-0.2, 0) is 6.54 Å². The van der Waals surface area contributed by atoms with Gasteiger partial charge < -0.3 is 10.6 Å². The van der Waals surface area contributed by atoms with Crippen LogP contribution in [0.3, 0.4) is 0 Å². The number of halogens is 2. The van der Waals surface area contributed by atoms with E-state index in [-0.39, 0.29) is 5.82 Å². The first kappa shape index (κ1) is 12.8. The second-order valence-electron chi connectivity index (χ2n) is 3.84. The van der Waals surface area contributed by atoms with E-state index in [4.69, 9.17) is 5.73 Å². The Kier molecular flexibility index (Phi) is 3.76. The van der Waals surface area contributed by atoms with Crippen molar-refractivity contribution < 1.29 is 4.39 Å². The highest BCUT2D eigenvalue weighted by Crippen LogP contribution is 2.27. The molecule has 0 radical (unpaired) electrons. The molecular formula is C12H12BrFN4. The molecule has 2 aromatic rings. The summed E-state index contributed by atoms with van der Waals surface area (Å²) in [6.07, 6.45) is 1.38. The molecule has 1 aromatic heterocycles. The molecule has 18 heavy (non-hydrogen) atoms. The maximum absolute atomic E-state index is 13.5. The zero-order valence-corrected chi connectivity index (χ0v) is 11.4. The molecule has 1 aromatic carbocycles. The van der Waals surface area contributed by atoms with E-state index in [0.717, 1.165) is 0 Å². The van der Waals surface area contributed by atoms with Crippen molar-refractivity contribution in [3.63, 3.8) is 0 Å². The van der Waals surface area contributed by atoms with Crippen LogP contribution in [0.5, 0.6) is 0 Å². The highest BCUT2D eigenvalue weighted by molar-refractivity contribution is 9.10. The Morgan fingerprint density at radius 1 is 1.33 bits per heavy atom. The average molecular weight is 311 g/mol. The Morgan fingerprint density at radius 3 is 2.78 bits per heavy atom. The van der Waals surface area contributed by atoms with Gasteiger partial charge in [-0.05, 0) is 22.0 Å². The van der Waals surface area contributed by atoms with Crippen LogP contribution in [-0.4, -0.2) is 17.0 Å². The molecule has 6 heteroatoms. The third-order valence-corrected chi connectivity index (χ3v) is 3.29. The first-order valence-electron chi connectivity index (χ1n) is 5.30. The number of rotatable bonds is 3. The van der Waals surface area contributed by atoms with Crippen LogP contribution in [0, 0.1) is 5.82 Å². The summed E-state index contributed by atoms with van der Waals surface area (Å²) < 4.78 is 14.2. The Bertz CT molecular complexity index is 562. The third-order valence-electron chi connectivity index (χ3n) is 2.52. The molecule has 1 heterocycles. The van der Waals surface area contributed by atoms with E-state index in [2.05, 4.69) is 25.9 Å². The van der Waals surface area contributed by atoms with Crippen molar-refractivity contribution >= 4 is 27.6 Å². The van der Waals surface area contributed by atoms with Crippen LogP contribution < -0.4 is 10.6 Å². The lowest BCUT2D eigenvalue weighted by Crippen LogP contribution is -2.19. The number of nitrogen functional groups attached to an aromatic ring is 1. The van der Waals surface area contributed by atoms with Crippen LogP contribution in [0.15, 0.2) is 35.1 Å². The lowest BCUT2D eigenvalue weighted by molar-refractivity contribution is 0.607. The molecule has 0 saturated carbocycles. The van der Waals surface area contributed by atoms with Crippen LogP contribution in [0.1, 0.15) is 5.56 Å². The predicted octanol–water partition coefficient (Wildman–Crippen LogP) is 2.60. The zero-order chi connectivity index (χ0) is 13.1. The van der Waals surface area contributed by atoms with Gasteiger partial charge in [0.05, 0.1) is 0 Å². The average Bonchev–Trinajstić information content (AvgIpc) is 2.35. The maximum atomic E-state index is 13.5. The van der Waals surface area contributed by atoms with Crippen LogP contribution in [0.2, 0.25) is 0 Å². The van der Waals surface area contributed by atoms with Crippen molar-refractivity contribution in [1.29, 1.82) is 0 Å². The third kappa shape index (κ3) is 2.59. The van der Waals surface area contributed by atoms with Crippen molar-refractivity contribution in [2.24, 2.45) is 0 Å². The van der Waals surface area contributed by atoms with Crippen LogP contribution in [0.25, 0.3) is 0 Å². The summed E-state index contributed by atoms with van der Waals surface area (Å²) in [6, 6.07) is 6.64. The molecule has 2 rings (SSSR count).